The number of hydrogen-bond acceptors (Lipinski definition) is 1. The second-order valence-corrected chi connectivity index (χ2v) is 4.16. The standard InChI is InChI=1S/C15H22N/c1-3-5-10-14(9-4-2)13-16-15-11-7-6-8-12-15/h4,6-8,11-14H,3,5,9-10H2,1-2H3. The highest BCUT2D eigenvalue weighted by Gasteiger charge is 2.03. The van der Waals surface area contributed by atoms with E-state index in [1.807, 2.05) is 30.3 Å². The zero-order chi connectivity index (χ0) is 11.6. The van der Waals surface area contributed by atoms with Crippen molar-refractivity contribution in [2.24, 2.45) is 10.9 Å². The molecular weight excluding hydrogens is 194 g/mol. The molecule has 1 heteroatoms. The van der Waals surface area contributed by atoms with Crippen molar-refractivity contribution in [3.05, 3.63) is 36.8 Å². The van der Waals surface area contributed by atoms with Crippen LogP contribution in [-0.2, 0) is 0 Å². The van der Waals surface area contributed by atoms with Crippen molar-refractivity contribution >= 4 is 11.9 Å². The number of unbranched alkanes of at least 4 members (excludes halogenated alkanes) is 1. The lowest BCUT2D eigenvalue weighted by atomic mass is 9.98. The molecule has 0 aromatic heterocycles. The Morgan fingerprint density at radius 1 is 1.25 bits per heavy atom. The van der Waals surface area contributed by atoms with Crippen LogP contribution in [0.15, 0.2) is 35.3 Å². The van der Waals surface area contributed by atoms with Crippen molar-refractivity contribution in [3.63, 3.8) is 0 Å². The molecule has 16 heavy (non-hydrogen) atoms. The quantitative estimate of drug-likeness (QED) is 0.580. The number of para-hydroxylation sites is 1. The molecule has 1 rings (SSSR count). The van der Waals surface area contributed by atoms with Crippen molar-refractivity contribution in [2.45, 2.75) is 39.5 Å². The second-order valence-electron chi connectivity index (χ2n) is 4.16. The molecule has 87 valence electrons. The van der Waals surface area contributed by atoms with Crippen LogP contribution in [-0.4, -0.2) is 6.21 Å². The van der Waals surface area contributed by atoms with Gasteiger partial charge < -0.3 is 0 Å². The normalized spacial score (nSPS) is 13.1. The Morgan fingerprint density at radius 3 is 2.62 bits per heavy atom. The van der Waals surface area contributed by atoms with Crippen molar-refractivity contribution in [1.82, 2.24) is 0 Å². The molecule has 0 aliphatic heterocycles. The van der Waals surface area contributed by atoms with E-state index in [-0.39, 0.29) is 0 Å². The first-order valence-corrected chi connectivity index (χ1v) is 6.24. The minimum Gasteiger partial charge on any atom is -0.261 e. The Hall–Kier alpha value is -1.11. The highest BCUT2D eigenvalue weighted by atomic mass is 14.7. The lowest BCUT2D eigenvalue weighted by Crippen LogP contribution is -2.01. The van der Waals surface area contributed by atoms with E-state index in [2.05, 4.69) is 31.5 Å². The van der Waals surface area contributed by atoms with Gasteiger partial charge in [0.15, 0.2) is 0 Å². The summed E-state index contributed by atoms with van der Waals surface area (Å²) in [6.07, 6.45) is 9.29. The minimum atomic E-state index is 0.602. The molecule has 0 aliphatic carbocycles. The first-order chi connectivity index (χ1) is 7.86. The molecule has 0 saturated carbocycles. The van der Waals surface area contributed by atoms with E-state index >= 15 is 0 Å². The van der Waals surface area contributed by atoms with Crippen LogP contribution in [0.5, 0.6) is 0 Å². The first-order valence-electron chi connectivity index (χ1n) is 6.24. The Balaban J connectivity index is 2.50. The number of rotatable bonds is 7. The molecule has 0 N–H and O–H groups in total. The molecular formula is C15H22N. The van der Waals surface area contributed by atoms with Gasteiger partial charge in [-0.3, -0.25) is 4.99 Å². The average Bonchev–Trinajstić information content (AvgIpc) is 2.34. The highest BCUT2D eigenvalue weighted by molar-refractivity contribution is 5.65. The predicted molar refractivity (Wildman–Crippen MR) is 72.2 cm³/mol. The van der Waals surface area contributed by atoms with Crippen molar-refractivity contribution in [3.8, 4) is 0 Å². The van der Waals surface area contributed by atoms with Crippen LogP contribution >= 0.6 is 0 Å². The molecule has 0 saturated heterocycles. The third kappa shape index (κ3) is 5.11. The Labute approximate surface area is 99.6 Å². The smallest absolute Gasteiger partial charge is 0.0625 e. The topological polar surface area (TPSA) is 12.4 Å². The van der Waals surface area contributed by atoms with Gasteiger partial charge in [0.05, 0.1) is 5.69 Å². The van der Waals surface area contributed by atoms with Gasteiger partial charge in [0.2, 0.25) is 0 Å². The monoisotopic (exact) mass is 216 g/mol. The number of nitrogens with zero attached hydrogens (tertiary/aromatic N) is 1. The van der Waals surface area contributed by atoms with Crippen LogP contribution in [0.25, 0.3) is 0 Å². The van der Waals surface area contributed by atoms with Crippen LogP contribution in [0.4, 0.5) is 5.69 Å². The summed E-state index contributed by atoms with van der Waals surface area (Å²) in [5, 5.41) is 0. The maximum atomic E-state index is 4.53. The van der Waals surface area contributed by atoms with Crippen LogP contribution in [0.3, 0.4) is 0 Å². The van der Waals surface area contributed by atoms with E-state index in [1.54, 1.807) is 0 Å². The van der Waals surface area contributed by atoms with Gasteiger partial charge in [0.25, 0.3) is 0 Å². The molecule has 1 aromatic carbocycles. The molecule has 0 aliphatic rings. The largest absolute Gasteiger partial charge is 0.261 e. The van der Waals surface area contributed by atoms with Gasteiger partial charge in [0, 0.05) is 6.21 Å². The van der Waals surface area contributed by atoms with E-state index in [0.717, 1.165) is 12.1 Å². The number of aliphatic imine (C=N–C) groups is 1. The van der Waals surface area contributed by atoms with Crippen LogP contribution in [0, 0.1) is 12.3 Å². The zero-order valence-electron chi connectivity index (χ0n) is 10.4. The van der Waals surface area contributed by atoms with Gasteiger partial charge in [-0.2, -0.15) is 0 Å². The molecule has 1 atom stereocenters. The number of benzene rings is 1. The van der Waals surface area contributed by atoms with Gasteiger partial charge in [-0.1, -0.05) is 44.9 Å². The van der Waals surface area contributed by atoms with Crippen LogP contribution < -0.4 is 0 Å². The van der Waals surface area contributed by atoms with E-state index in [9.17, 15) is 0 Å². The van der Waals surface area contributed by atoms with Gasteiger partial charge in [-0.25, -0.2) is 0 Å². The number of hydrogen-bond donors (Lipinski definition) is 0. The fraction of sp³-hybridized carbons (Fsp3) is 0.467. The molecule has 0 spiro atoms. The van der Waals surface area contributed by atoms with E-state index < -0.39 is 0 Å². The van der Waals surface area contributed by atoms with Gasteiger partial charge in [0.1, 0.15) is 0 Å². The maximum absolute atomic E-state index is 4.53. The summed E-state index contributed by atoms with van der Waals surface area (Å²) in [6, 6.07) is 10.2. The summed E-state index contributed by atoms with van der Waals surface area (Å²) in [5.41, 5.74) is 1.06. The fourth-order valence-corrected chi connectivity index (χ4v) is 1.73. The van der Waals surface area contributed by atoms with Gasteiger partial charge >= 0.3 is 0 Å². The van der Waals surface area contributed by atoms with Crippen molar-refractivity contribution < 1.29 is 0 Å². The van der Waals surface area contributed by atoms with Crippen LogP contribution in [0.1, 0.15) is 39.5 Å². The molecule has 1 nitrogen and oxygen atoms in total. The summed E-state index contributed by atoms with van der Waals surface area (Å²) in [7, 11) is 0. The van der Waals surface area contributed by atoms with Crippen molar-refractivity contribution in [1.29, 1.82) is 0 Å². The lowest BCUT2D eigenvalue weighted by molar-refractivity contribution is 0.584. The Kier molecular flexibility index (Phi) is 6.55. The fourth-order valence-electron chi connectivity index (χ4n) is 1.73. The highest BCUT2D eigenvalue weighted by Crippen LogP contribution is 2.15. The van der Waals surface area contributed by atoms with Gasteiger partial charge in [-0.15, -0.1) is 0 Å². The summed E-state index contributed by atoms with van der Waals surface area (Å²) in [6.45, 7) is 4.36. The third-order valence-electron chi connectivity index (χ3n) is 2.66. The van der Waals surface area contributed by atoms with E-state index in [4.69, 9.17) is 0 Å². The minimum absolute atomic E-state index is 0.602. The molecule has 0 fully saturated rings. The van der Waals surface area contributed by atoms with Crippen molar-refractivity contribution in [2.75, 3.05) is 0 Å². The third-order valence-corrected chi connectivity index (χ3v) is 2.66. The summed E-state index contributed by atoms with van der Waals surface area (Å²) >= 11 is 0. The Bertz CT molecular complexity index is 290. The second kappa shape index (κ2) is 8.09. The molecule has 0 bridgehead atoms. The molecule has 0 heterocycles. The van der Waals surface area contributed by atoms with Gasteiger partial charge in [-0.05, 0) is 37.3 Å². The molecule has 1 radical (unpaired) electrons. The van der Waals surface area contributed by atoms with Crippen LogP contribution in [0.2, 0.25) is 0 Å². The van der Waals surface area contributed by atoms with E-state index in [1.165, 1.54) is 19.3 Å². The van der Waals surface area contributed by atoms with E-state index in [0.29, 0.717) is 5.92 Å². The Morgan fingerprint density at radius 2 is 2.00 bits per heavy atom. The average molecular weight is 216 g/mol. The zero-order valence-corrected chi connectivity index (χ0v) is 10.4. The summed E-state index contributed by atoms with van der Waals surface area (Å²) < 4.78 is 0. The molecule has 1 aromatic rings. The lowest BCUT2D eigenvalue weighted by Gasteiger charge is -2.09. The molecule has 0 amide bonds. The summed E-state index contributed by atoms with van der Waals surface area (Å²) in [5.74, 6) is 0.602. The maximum Gasteiger partial charge on any atom is 0.0625 e. The summed E-state index contributed by atoms with van der Waals surface area (Å²) in [4.78, 5) is 4.53. The SMILES string of the molecule is C[CH]CC(C=Nc1ccccc1)CCCC. The first kappa shape index (κ1) is 13.0. The molecule has 1 unspecified atom stereocenters. The predicted octanol–water partition coefficient (Wildman–Crippen LogP) is 4.81.